The number of pyridine rings is 1. The number of hydrogen-bond donors (Lipinski definition) is 2. The highest BCUT2D eigenvalue weighted by atomic mass is 16.2. The minimum Gasteiger partial charge on any atom is -0.351 e. The summed E-state index contributed by atoms with van der Waals surface area (Å²) in [4.78, 5) is 17.0. The summed E-state index contributed by atoms with van der Waals surface area (Å²) < 4.78 is 1.69. The fraction of sp³-hybridized carbons (Fsp3) is 0.400. The van der Waals surface area contributed by atoms with Crippen LogP contribution in [0.25, 0.3) is 16.6 Å². The Hall–Kier alpha value is -2.80. The minimum atomic E-state index is -0.171. The third-order valence-electron chi connectivity index (χ3n) is 5.19. The van der Waals surface area contributed by atoms with Crippen LogP contribution < -0.4 is 10.6 Å². The fourth-order valence-corrected chi connectivity index (χ4v) is 3.67. The van der Waals surface area contributed by atoms with E-state index in [9.17, 15) is 4.79 Å². The lowest BCUT2D eigenvalue weighted by Crippen LogP contribution is -2.33. The smallest absolute Gasteiger partial charge is 0.273 e. The summed E-state index contributed by atoms with van der Waals surface area (Å²) in [5, 5.41) is 15.8. The van der Waals surface area contributed by atoms with Crippen LogP contribution in [0, 0.1) is 12.8 Å². The predicted octanol–water partition coefficient (Wildman–Crippen LogP) is 2.24. The molecule has 1 aliphatic heterocycles. The fourth-order valence-electron chi connectivity index (χ4n) is 3.67. The van der Waals surface area contributed by atoms with E-state index in [1.807, 2.05) is 37.3 Å². The lowest BCUT2D eigenvalue weighted by molar-refractivity contribution is 0.0945. The molecule has 2 N–H and O–H groups in total. The van der Waals surface area contributed by atoms with Gasteiger partial charge in [-0.05, 0) is 57.3 Å². The summed E-state index contributed by atoms with van der Waals surface area (Å²) in [6.45, 7) is 4.67. The monoisotopic (exact) mass is 364 g/mol. The second kappa shape index (κ2) is 7.84. The number of benzene rings is 1. The highest BCUT2D eigenvalue weighted by Gasteiger charge is 2.19. The average molecular weight is 364 g/mol. The molecule has 7 heteroatoms. The van der Waals surface area contributed by atoms with Gasteiger partial charge in [-0.25, -0.2) is 4.68 Å². The molecule has 0 aliphatic carbocycles. The Kier molecular flexibility index (Phi) is 5.11. The van der Waals surface area contributed by atoms with Crippen molar-refractivity contribution in [3.05, 3.63) is 47.9 Å². The van der Waals surface area contributed by atoms with Crippen LogP contribution in [0.3, 0.4) is 0 Å². The van der Waals surface area contributed by atoms with Gasteiger partial charge >= 0.3 is 0 Å². The molecule has 27 heavy (non-hydrogen) atoms. The van der Waals surface area contributed by atoms with Crippen LogP contribution >= 0.6 is 0 Å². The molecule has 0 radical (unpaired) electrons. The van der Waals surface area contributed by atoms with Crippen LogP contribution in [0.1, 0.15) is 35.4 Å². The number of nitrogens with one attached hydrogen (secondary N) is 2. The Balaban J connectivity index is 1.49. The van der Waals surface area contributed by atoms with Crippen molar-refractivity contribution in [1.82, 2.24) is 30.6 Å². The summed E-state index contributed by atoms with van der Waals surface area (Å²) >= 11 is 0. The van der Waals surface area contributed by atoms with Crippen LogP contribution in [0.2, 0.25) is 0 Å². The third-order valence-corrected chi connectivity index (χ3v) is 5.19. The first-order valence-corrected chi connectivity index (χ1v) is 9.49. The molecular formula is C20H24N6O. The lowest BCUT2D eigenvalue weighted by atomic mass is 9.96. The summed E-state index contributed by atoms with van der Waals surface area (Å²) in [6.07, 6.45) is 5.18. The predicted molar refractivity (Wildman–Crippen MR) is 104 cm³/mol. The number of carbonyl (C=O) groups excluding carboxylic acids is 1. The van der Waals surface area contributed by atoms with Crippen molar-refractivity contribution >= 4 is 16.8 Å². The van der Waals surface area contributed by atoms with Gasteiger partial charge in [-0.1, -0.05) is 23.4 Å². The molecule has 0 bridgehead atoms. The third kappa shape index (κ3) is 3.68. The van der Waals surface area contributed by atoms with Crippen molar-refractivity contribution in [2.24, 2.45) is 5.92 Å². The summed E-state index contributed by atoms with van der Waals surface area (Å²) in [5.74, 6) is 0.466. The molecule has 4 rings (SSSR count). The lowest BCUT2D eigenvalue weighted by Gasteiger charge is -2.22. The van der Waals surface area contributed by atoms with E-state index in [0.29, 0.717) is 23.9 Å². The number of carbonyl (C=O) groups is 1. The molecule has 1 atom stereocenters. The van der Waals surface area contributed by atoms with E-state index < -0.39 is 0 Å². The second-order valence-corrected chi connectivity index (χ2v) is 7.04. The number of aromatic nitrogens is 4. The van der Waals surface area contributed by atoms with Gasteiger partial charge in [0.15, 0.2) is 5.69 Å². The number of piperidine rings is 1. The number of rotatable bonds is 5. The van der Waals surface area contributed by atoms with Gasteiger partial charge in [0.2, 0.25) is 0 Å². The highest BCUT2D eigenvalue weighted by Crippen LogP contribution is 2.21. The Bertz CT molecular complexity index is 939. The topological polar surface area (TPSA) is 84.7 Å². The van der Waals surface area contributed by atoms with Gasteiger partial charge in [0.25, 0.3) is 5.91 Å². The molecule has 1 aliphatic rings. The first-order chi connectivity index (χ1) is 13.2. The standard InChI is InChI=1S/C20H24N6O/c1-14-18(20(27)23-12-9-15-5-3-10-21-13-15)24-25-26(14)17-8-2-6-16-7-4-11-22-19(16)17/h2,4,6-8,11,15,21H,3,5,9-10,12-13H2,1H3,(H,23,27). The van der Waals surface area contributed by atoms with Gasteiger partial charge in [-0.15, -0.1) is 5.10 Å². The average Bonchev–Trinajstić information content (AvgIpc) is 3.09. The van der Waals surface area contributed by atoms with Crippen molar-refractivity contribution in [3.63, 3.8) is 0 Å². The van der Waals surface area contributed by atoms with Gasteiger partial charge in [-0.2, -0.15) is 0 Å². The summed E-state index contributed by atoms with van der Waals surface area (Å²) in [5.41, 5.74) is 2.74. The Morgan fingerprint density at radius 1 is 1.33 bits per heavy atom. The van der Waals surface area contributed by atoms with Gasteiger partial charge in [0, 0.05) is 18.1 Å². The molecule has 1 amide bonds. The van der Waals surface area contributed by atoms with Gasteiger partial charge in [-0.3, -0.25) is 9.78 Å². The van der Waals surface area contributed by atoms with Gasteiger partial charge in [0.05, 0.1) is 16.9 Å². The molecule has 1 fully saturated rings. The quantitative estimate of drug-likeness (QED) is 0.725. The van der Waals surface area contributed by atoms with Crippen LogP contribution in [0.5, 0.6) is 0 Å². The zero-order valence-electron chi connectivity index (χ0n) is 15.5. The largest absolute Gasteiger partial charge is 0.351 e. The number of para-hydroxylation sites is 1. The first kappa shape index (κ1) is 17.6. The Morgan fingerprint density at radius 3 is 3.07 bits per heavy atom. The second-order valence-electron chi connectivity index (χ2n) is 7.04. The van der Waals surface area contributed by atoms with E-state index in [1.54, 1.807) is 10.9 Å². The van der Waals surface area contributed by atoms with Crippen LogP contribution in [-0.2, 0) is 0 Å². The normalized spacial score (nSPS) is 17.1. The molecule has 1 aromatic carbocycles. The summed E-state index contributed by atoms with van der Waals surface area (Å²) in [6, 6.07) is 9.81. The van der Waals surface area contributed by atoms with E-state index in [2.05, 4.69) is 25.9 Å². The zero-order valence-corrected chi connectivity index (χ0v) is 15.5. The zero-order chi connectivity index (χ0) is 18.6. The molecule has 1 unspecified atom stereocenters. The number of nitrogens with zero attached hydrogens (tertiary/aromatic N) is 4. The Labute approximate surface area is 158 Å². The van der Waals surface area contributed by atoms with E-state index in [-0.39, 0.29) is 5.91 Å². The van der Waals surface area contributed by atoms with Crippen LogP contribution in [0.4, 0.5) is 0 Å². The van der Waals surface area contributed by atoms with E-state index >= 15 is 0 Å². The van der Waals surface area contributed by atoms with Crippen LogP contribution in [0.15, 0.2) is 36.5 Å². The maximum absolute atomic E-state index is 12.6. The first-order valence-electron chi connectivity index (χ1n) is 9.49. The number of fused-ring (bicyclic) bond motifs is 1. The molecule has 0 spiro atoms. The molecule has 7 nitrogen and oxygen atoms in total. The minimum absolute atomic E-state index is 0.171. The number of hydrogen-bond acceptors (Lipinski definition) is 5. The van der Waals surface area contributed by atoms with E-state index in [0.717, 1.165) is 36.1 Å². The van der Waals surface area contributed by atoms with Crippen molar-refractivity contribution in [3.8, 4) is 5.69 Å². The van der Waals surface area contributed by atoms with Gasteiger partial charge < -0.3 is 10.6 Å². The van der Waals surface area contributed by atoms with Crippen molar-refractivity contribution in [2.45, 2.75) is 26.2 Å². The van der Waals surface area contributed by atoms with E-state index in [1.165, 1.54) is 12.8 Å². The van der Waals surface area contributed by atoms with Crippen molar-refractivity contribution in [1.29, 1.82) is 0 Å². The molecule has 2 aromatic heterocycles. The SMILES string of the molecule is Cc1c(C(=O)NCCC2CCCNC2)nnn1-c1cccc2cccnc12. The van der Waals surface area contributed by atoms with Crippen molar-refractivity contribution < 1.29 is 4.79 Å². The molecule has 0 saturated carbocycles. The summed E-state index contributed by atoms with van der Waals surface area (Å²) in [7, 11) is 0. The molecule has 140 valence electrons. The molecule has 3 aromatic rings. The van der Waals surface area contributed by atoms with Crippen LogP contribution in [-0.4, -0.2) is 45.5 Å². The molecule has 1 saturated heterocycles. The highest BCUT2D eigenvalue weighted by molar-refractivity contribution is 5.93. The number of amides is 1. The van der Waals surface area contributed by atoms with Gasteiger partial charge in [0.1, 0.15) is 0 Å². The molecule has 3 heterocycles. The van der Waals surface area contributed by atoms with E-state index in [4.69, 9.17) is 0 Å². The van der Waals surface area contributed by atoms with Crippen molar-refractivity contribution in [2.75, 3.05) is 19.6 Å². The molecular weight excluding hydrogens is 340 g/mol. The Morgan fingerprint density at radius 2 is 2.22 bits per heavy atom. The maximum Gasteiger partial charge on any atom is 0.273 e. The maximum atomic E-state index is 12.6.